The van der Waals surface area contributed by atoms with Gasteiger partial charge in [0.15, 0.2) is 9.84 Å². The summed E-state index contributed by atoms with van der Waals surface area (Å²) >= 11 is 4.93. The zero-order chi connectivity index (χ0) is 51.1. The molecule has 4 aromatic carbocycles. The number of sulfone groups is 1. The molecule has 0 fully saturated rings. The third-order valence-corrected chi connectivity index (χ3v) is 18.0. The van der Waals surface area contributed by atoms with E-state index in [0.717, 1.165) is 25.7 Å². The van der Waals surface area contributed by atoms with Crippen molar-refractivity contribution in [2.45, 2.75) is 86.2 Å². The molecule has 69 heavy (non-hydrogen) atoms. The molecule has 0 aliphatic carbocycles. The summed E-state index contributed by atoms with van der Waals surface area (Å²) in [6, 6.07) is 26.1. The lowest BCUT2D eigenvalue weighted by Crippen LogP contribution is -2.44. The fourth-order valence-electron chi connectivity index (χ4n) is 6.48. The molecule has 2 atom stereocenters. The van der Waals surface area contributed by atoms with Crippen LogP contribution in [0.15, 0.2) is 118 Å². The third-order valence-electron chi connectivity index (χ3n) is 9.88. The number of hydrogen-bond donors (Lipinski definition) is 1. The zero-order valence-electron chi connectivity index (χ0n) is 40.1. The highest BCUT2D eigenvalue weighted by molar-refractivity contribution is 7.98. The number of carbonyl (C=O) groups is 2. The van der Waals surface area contributed by atoms with Gasteiger partial charge in [-0.05, 0) is 146 Å². The number of rotatable bonds is 15. The quantitative estimate of drug-likeness (QED) is 0.0755. The van der Waals surface area contributed by atoms with Crippen molar-refractivity contribution in [2.75, 3.05) is 39.7 Å². The molecule has 2 heterocycles. The molecular formula is C48H59N3O12S6. The molecule has 6 rings (SSSR count). The molecule has 0 saturated heterocycles. The van der Waals surface area contributed by atoms with Crippen LogP contribution in [-0.2, 0) is 55.7 Å². The minimum Gasteiger partial charge on any atom is -0.442 e. The van der Waals surface area contributed by atoms with Crippen LogP contribution < -0.4 is 0 Å². The fraction of sp³-hybridized carbons (Fsp3) is 0.375. The topological polar surface area (TPSA) is 194 Å². The largest absolute Gasteiger partial charge is 0.534 e. The van der Waals surface area contributed by atoms with Crippen molar-refractivity contribution in [3.8, 4) is 0 Å². The number of thioether (sulfide) groups is 1. The van der Waals surface area contributed by atoms with Crippen LogP contribution in [0.3, 0.4) is 0 Å². The molecular weight excluding hydrogens is 1000 g/mol. The standard InChI is InChI=1S/C29H38N2O9S3.C19H21NO3S3/c1-28(2,3)38-26(32)31(40-27(33)39-29(4,5)6)24(21-10-12-23(13-11-21)43(36,37)30(7)8)19-42(34,35)18-20-9-14-25-22(17-20)15-16-41-25;1-20(2)26(22,23)17-6-4-15(5-7-17)18(21)13-24-12-14-3-8-19-16(11-14)9-10-25-19/h9-17,24H,18-19H2,1-8H3;3-11,18,21H,12-13H2,1-2H3/t24-;18-/m11/s1. The van der Waals surface area contributed by atoms with E-state index in [9.17, 15) is 39.9 Å². The molecule has 0 spiro atoms. The van der Waals surface area contributed by atoms with Gasteiger partial charge in [0.2, 0.25) is 20.0 Å². The highest BCUT2D eigenvalue weighted by Gasteiger charge is 2.38. The number of fused-ring (bicyclic) bond motifs is 2. The Bertz CT molecular complexity index is 3050. The number of hydroxylamine groups is 2. The van der Waals surface area contributed by atoms with Crippen LogP contribution in [0.4, 0.5) is 9.59 Å². The molecule has 0 aliphatic heterocycles. The first-order valence-electron chi connectivity index (χ1n) is 21.4. The molecule has 374 valence electrons. The van der Waals surface area contributed by atoms with Crippen molar-refractivity contribution < 1.29 is 54.3 Å². The van der Waals surface area contributed by atoms with E-state index in [1.54, 1.807) is 101 Å². The number of amides is 1. The second-order valence-electron chi connectivity index (χ2n) is 18.3. The Morgan fingerprint density at radius 3 is 1.58 bits per heavy atom. The average Bonchev–Trinajstić information content (AvgIpc) is 3.93. The molecule has 6 aromatic rings. The summed E-state index contributed by atoms with van der Waals surface area (Å²) in [6.07, 6.45) is -3.01. The van der Waals surface area contributed by atoms with Gasteiger partial charge in [-0.15, -0.1) is 27.7 Å². The van der Waals surface area contributed by atoms with Gasteiger partial charge < -0.3 is 14.6 Å². The number of carbonyl (C=O) groups excluding carboxylic acids is 2. The van der Waals surface area contributed by atoms with Gasteiger partial charge in [0.25, 0.3) is 0 Å². The second kappa shape index (κ2) is 22.7. The van der Waals surface area contributed by atoms with Gasteiger partial charge in [0.1, 0.15) is 17.2 Å². The number of sulfonamides is 2. The number of ether oxygens (including phenoxy) is 2. The van der Waals surface area contributed by atoms with Crippen LogP contribution >= 0.6 is 34.4 Å². The average molecular weight is 1060 g/mol. The Hall–Kier alpha value is -4.58. The maximum Gasteiger partial charge on any atom is 0.534 e. The fourth-order valence-corrected chi connectivity index (χ4v) is 12.4. The lowest BCUT2D eigenvalue weighted by atomic mass is 10.1. The number of thiophene rings is 2. The van der Waals surface area contributed by atoms with Gasteiger partial charge in [-0.2, -0.15) is 11.8 Å². The summed E-state index contributed by atoms with van der Waals surface area (Å²) < 4.78 is 92.0. The first-order chi connectivity index (χ1) is 32.0. The maximum absolute atomic E-state index is 13.6. The van der Waals surface area contributed by atoms with Gasteiger partial charge >= 0.3 is 12.2 Å². The molecule has 1 N–H and O–H groups in total. The van der Waals surface area contributed by atoms with Crippen LogP contribution in [0.25, 0.3) is 20.2 Å². The Kier molecular flexibility index (Phi) is 18.2. The summed E-state index contributed by atoms with van der Waals surface area (Å²) in [6.45, 7) is 9.60. The number of aliphatic hydroxyl groups is 1. The Labute approximate surface area is 418 Å². The first kappa shape index (κ1) is 55.3. The van der Waals surface area contributed by atoms with E-state index in [0.29, 0.717) is 16.4 Å². The number of aliphatic hydroxyl groups excluding tert-OH is 1. The van der Waals surface area contributed by atoms with E-state index in [1.165, 1.54) is 83.7 Å². The van der Waals surface area contributed by atoms with Gasteiger partial charge in [0.05, 0.1) is 27.4 Å². The van der Waals surface area contributed by atoms with Crippen LogP contribution in [0.2, 0.25) is 0 Å². The highest BCUT2D eigenvalue weighted by Crippen LogP contribution is 2.31. The van der Waals surface area contributed by atoms with Crippen molar-refractivity contribution in [3.63, 3.8) is 0 Å². The summed E-state index contributed by atoms with van der Waals surface area (Å²) in [5.41, 5.74) is 0.665. The van der Waals surface area contributed by atoms with Gasteiger partial charge in [-0.3, -0.25) is 4.84 Å². The number of hydrogen-bond acceptors (Lipinski definition) is 15. The van der Waals surface area contributed by atoms with E-state index in [2.05, 4.69) is 29.6 Å². The molecule has 21 heteroatoms. The van der Waals surface area contributed by atoms with Crippen molar-refractivity contribution in [3.05, 3.63) is 130 Å². The molecule has 0 saturated carbocycles. The lowest BCUT2D eigenvalue weighted by Gasteiger charge is -2.32. The number of nitrogens with zero attached hydrogens (tertiary/aromatic N) is 3. The van der Waals surface area contributed by atoms with E-state index >= 15 is 0 Å². The Morgan fingerprint density at radius 2 is 1.10 bits per heavy atom. The normalized spacial score (nSPS) is 13.5. The molecule has 0 aliphatic rings. The van der Waals surface area contributed by atoms with Gasteiger partial charge in [0, 0.05) is 49.1 Å². The molecule has 0 bridgehead atoms. The smallest absolute Gasteiger partial charge is 0.442 e. The van der Waals surface area contributed by atoms with E-state index in [1.807, 2.05) is 17.5 Å². The van der Waals surface area contributed by atoms with Crippen molar-refractivity contribution >= 4 is 96.7 Å². The Morgan fingerprint density at radius 1 is 0.638 bits per heavy atom. The van der Waals surface area contributed by atoms with Crippen LogP contribution in [0, 0.1) is 0 Å². The second-order valence-corrected chi connectivity index (χ2v) is 27.6. The third kappa shape index (κ3) is 15.7. The monoisotopic (exact) mass is 1060 g/mol. The van der Waals surface area contributed by atoms with Crippen molar-refractivity contribution in [1.29, 1.82) is 0 Å². The summed E-state index contributed by atoms with van der Waals surface area (Å²) in [4.78, 5) is 31.7. The molecule has 0 unspecified atom stereocenters. The summed E-state index contributed by atoms with van der Waals surface area (Å²) in [7, 11) is -5.46. The first-order valence-corrected chi connectivity index (χ1v) is 29.0. The van der Waals surface area contributed by atoms with E-state index < -0.39 is 71.2 Å². The van der Waals surface area contributed by atoms with Crippen molar-refractivity contribution in [1.82, 2.24) is 13.7 Å². The van der Waals surface area contributed by atoms with Crippen LogP contribution in [-0.4, -0.2) is 107 Å². The minimum atomic E-state index is -3.98. The van der Waals surface area contributed by atoms with E-state index in [-0.39, 0.29) is 21.1 Å². The zero-order valence-corrected chi connectivity index (χ0v) is 45.0. The van der Waals surface area contributed by atoms with Gasteiger partial charge in [-0.25, -0.2) is 43.5 Å². The van der Waals surface area contributed by atoms with E-state index in [4.69, 9.17) is 14.3 Å². The van der Waals surface area contributed by atoms with Crippen molar-refractivity contribution in [2.24, 2.45) is 0 Å². The lowest BCUT2D eigenvalue weighted by molar-refractivity contribution is -0.153. The summed E-state index contributed by atoms with van der Waals surface area (Å²) in [5.74, 6) is 0.338. The molecule has 2 aromatic heterocycles. The minimum absolute atomic E-state index is 0.0520. The predicted octanol–water partition coefficient (Wildman–Crippen LogP) is 10.0. The SMILES string of the molecule is CN(C)S(=O)(=O)c1ccc([C@@H](CS(=O)(=O)Cc2ccc3sccc3c2)N(OC(=O)OC(C)(C)C)C(=O)OC(C)(C)C)cc1.CN(C)S(=O)(=O)c1ccc([C@H](O)CSCc2ccc3sccc3c2)cc1. The molecule has 15 nitrogen and oxygen atoms in total. The molecule has 0 radical (unpaired) electrons. The maximum atomic E-state index is 13.6. The van der Waals surface area contributed by atoms with Crippen LogP contribution in [0.1, 0.15) is 75.9 Å². The van der Waals surface area contributed by atoms with Crippen LogP contribution in [0.5, 0.6) is 0 Å². The highest BCUT2D eigenvalue weighted by atomic mass is 32.2. The number of benzene rings is 4. The Balaban J connectivity index is 0.000000290. The van der Waals surface area contributed by atoms with Gasteiger partial charge in [-0.1, -0.05) is 36.4 Å². The molecule has 1 amide bonds. The predicted molar refractivity (Wildman–Crippen MR) is 275 cm³/mol. The summed E-state index contributed by atoms with van der Waals surface area (Å²) in [5, 5.41) is 17.0.